The van der Waals surface area contributed by atoms with E-state index in [1.807, 2.05) is 22.4 Å². The Morgan fingerprint density at radius 1 is 1.00 bits per heavy atom. The van der Waals surface area contributed by atoms with Crippen LogP contribution in [0.2, 0.25) is 0 Å². The average Bonchev–Trinajstić information content (AvgIpc) is 3.02. The van der Waals surface area contributed by atoms with Crippen molar-refractivity contribution in [3.63, 3.8) is 0 Å². The Bertz CT molecular complexity index is 733. The van der Waals surface area contributed by atoms with Crippen molar-refractivity contribution in [2.45, 2.75) is 19.3 Å². The van der Waals surface area contributed by atoms with E-state index >= 15 is 0 Å². The highest BCUT2D eigenvalue weighted by atomic mass is 32.1. The number of nitrogens with zero attached hydrogens (tertiary/aromatic N) is 2. The minimum Gasteiger partial charge on any atom is -0.341 e. The molecule has 6 heteroatoms. The number of amides is 2. The van der Waals surface area contributed by atoms with Gasteiger partial charge in [0, 0.05) is 37.5 Å². The smallest absolute Gasteiger partial charge is 0.256 e. The van der Waals surface area contributed by atoms with Crippen molar-refractivity contribution in [2.75, 3.05) is 26.2 Å². The normalized spacial score (nSPS) is 15.1. The summed E-state index contributed by atoms with van der Waals surface area (Å²) in [4.78, 5) is 29.6. The summed E-state index contributed by atoms with van der Waals surface area (Å²) in [7, 11) is 0. The lowest BCUT2D eigenvalue weighted by molar-refractivity contribution is -0.131. The molecule has 2 heterocycles. The van der Waals surface area contributed by atoms with Crippen molar-refractivity contribution in [2.24, 2.45) is 0 Å². The van der Waals surface area contributed by atoms with E-state index in [1.165, 1.54) is 17.0 Å². The summed E-state index contributed by atoms with van der Waals surface area (Å²) in [5, 5.41) is 2.01. The molecule has 2 aromatic rings. The number of thiophene rings is 1. The van der Waals surface area contributed by atoms with Gasteiger partial charge in [-0.3, -0.25) is 9.59 Å². The Labute approximate surface area is 150 Å². The summed E-state index contributed by atoms with van der Waals surface area (Å²) in [6.07, 6.45) is 1.96. The van der Waals surface area contributed by atoms with Crippen molar-refractivity contribution in [3.8, 4) is 0 Å². The number of halogens is 1. The van der Waals surface area contributed by atoms with Gasteiger partial charge in [-0.2, -0.15) is 0 Å². The first-order valence-corrected chi connectivity index (χ1v) is 9.37. The lowest BCUT2D eigenvalue weighted by atomic mass is 10.2. The lowest BCUT2D eigenvalue weighted by Crippen LogP contribution is -2.37. The van der Waals surface area contributed by atoms with E-state index < -0.39 is 5.82 Å². The van der Waals surface area contributed by atoms with E-state index in [4.69, 9.17) is 0 Å². The third-order valence-corrected chi connectivity index (χ3v) is 5.34. The highest BCUT2D eigenvalue weighted by molar-refractivity contribution is 7.09. The Balaban J connectivity index is 1.56. The summed E-state index contributed by atoms with van der Waals surface area (Å²) in [5.41, 5.74) is 0.0972. The SMILES string of the molecule is O=C(CCc1cccs1)N1CCCN(C(=O)c2ccccc2F)CC1. The van der Waals surface area contributed by atoms with Gasteiger partial charge in [0.1, 0.15) is 5.82 Å². The van der Waals surface area contributed by atoms with E-state index in [0.29, 0.717) is 39.0 Å². The monoisotopic (exact) mass is 360 g/mol. The summed E-state index contributed by atoms with van der Waals surface area (Å²) >= 11 is 1.66. The van der Waals surface area contributed by atoms with E-state index in [2.05, 4.69) is 0 Å². The summed E-state index contributed by atoms with van der Waals surface area (Å²) in [6, 6.07) is 10.1. The summed E-state index contributed by atoms with van der Waals surface area (Å²) < 4.78 is 13.8. The molecule has 0 unspecified atom stereocenters. The van der Waals surface area contributed by atoms with Gasteiger partial charge in [-0.1, -0.05) is 18.2 Å². The van der Waals surface area contributed by atoms with E-state index in [1.54, 1.807) is 28.4 Å². The van der Waals surface area contributed by atoms with Gasteiger partial charge in [-0.25, -0.2) is 4.39 Å². The van der Waals surface area contributed by atoms with Gasteiger partial charge >= 0.3 is 0 Å². The van der Waals surface area contributed by atoms with Crippen LogP contribution in [0, 0.1) is 5.82 Å². The van der Waals surface area contributed by atoms with Gasteiger partial charge in [0.05, 0.1) is 5.56 Å². The fourth-order valence-electron chi connectivity index (χ4n) is 3.02. The molecular formula is C19H21FN2O2S. The predicted molar refractivity (Wildman–Crippen MR) is 96.1 cm³/mol. The fourth-order valence-corrected chi connectivity index (χ4v) is 3.73. The topological polar surface area (TPSA) is 40.6 Å². The summed E-state index contributed by atoms with van der Waals surface area (Å²) in [6.45, 7) is 2.13. The maximum atomic E-state index is 13.8. The summed E-state index contributed by atoms with van der Waals surface area (Å²) in [5.74, 6) is -0.680. The van der Waals surface area contributed by atoms with Crippen LogP contribution in [0.3, 0.4) is 0 Å². The quantitative estimate of drug-likeness (QED) is 0.840. The van der Waals surface area contributed by atoms with Crippen molar-refractivity contribution >= 4 is 23.2 Å². The maximum absolute atomic E-state index is 13.8. The van der Waals surface area contributed by atoms with Crippen LogP contribution in [0.25, 0.3) is 0 Å². The first kappa shape index (κ1) is 17.6. The van der Waals surface area contributed by atoms with Crippen LogP contribution in [0.4, 0.5) is 4.39 Å². The van der Waals surface area contributed by atoms with Gasteiger partial charge in [0.15, 0.2) is 0 Å². The molecule has 25 heavy (non-hydrogen) atoms. The minimum absolute atomic E-state index is 0.0972. The molecule has 0 spiro atoms. The Morgan fingerprint density at radius 3 is 2.52 bits per heavy atom. The second-order valence-electron chi connectivity index (χ2n) is 6.09. The van der Waals surface area contributed by atoms with Gasteiger partial charge in [0.25, 0.3) is 5.91 Å². The standard InChI is InChI=1S/C19H21FN2O2S/c20-17-7-2-1-6-16(17)19(24)22-11-4-10-21(12-13-22)18(23)9-8-15-5-3-14-25-15/h1-3,5-7,14H,4,8-13H2. The van der Waals surface area contributed by atoms with Crippen LogP contribution in [-0.4, -0.2) is 47.8 Å². The van der Waals surface area contributed by atoms with Crippen LogP contribution in [0.5, 0.6) is 0 Å². The molecular weight excluding hydrogens is 339 g/mol. The molecule has 1 aliphatic rings. The van der Waals surface area contributed by atoms with Crippen LogP contribution in [-0.2, 0) is 11.2 Å². The van der Waals surface area contributed by atoms with Crippen molar-refractivity contribution in [3.05, 3.63) is 58.0 Å². The number of hydrogen-bond acceptors (Lipinski definition) is 3. The third kappa shape index (κ3) is 4.45. The van der Waals surface area contributed by atoms with Crippen LogP contribution in [0.1, 0.15) is 28.1 Å². The molecule has 1 saturated heterocycles. The van der Waals surface area contributed by atoms with Gasteiger partial charge in [-0.05, 0) is 36.4 Å². The third-order valence-electron chi connectivity index (χ3n) is 4.41. The number of benzene rings is 1. The lowest BCUT2D eigenvalue weighted by Gasteiger charge is -2.22. The molecule has 0 N–H and O–H groups in total. The van der Waals surface area contributed by atoms with Gasteiger partial charge in [0.2, 0.25) is 5.91 Å². The zero-order valence-corrected chi connectivity index (χ0v) is 14.8. The molecule has 1 aliphatic heterocycles. The second-order valence-corrected chi connectivity index (χ2v) is 7.12. The fraction of sp³-hybridized carbons (Fsp3) is 0.368. The van der Waals surface area contributed by atoms with Gasteiger partial charge in [-0.15, -0.1) is 11.3 Å². The van der Waals surface area contributed by atoms with E-state index in [-0.39, 0.29) is 17.4 Å². The molecule has 1 fully saturated rings. The second kappa shape index (κ2) is 8.25. The Hall–Kier alpha value is -2.21. The van der Waals surface area contributed by atoms with Crippen molar-refractivity contribution < 1.29 is 14.0 Å². The predicted octanol–water partition coefficient (Wildman–Crippen LogP) is 3.19. The molecule has 0 radical (unpaired) electrons. The largest absolute Gasteiger partial charge is 0.341 e. The van der Waals surface area contributed by atoms with Crippen molar-refractivity contribution in [1.29, 1.82) is 0 Å². The zero-order valence-electron chi connectivity index (χ0n) is 14.0. The number of carbonyl (C=O) groups excluding carboxylic acids is 2. The number of carbonyl (C=O) groups is 2. The molecule has 1 aromatic heterocycles. The molecule has 1 aromatic carbocycles. The Kier molecular flexibility index (Phi) is 5.81. The molecule has 2 amide bonds. The zero-order chi connectivity index (χ0) is 17.6. The molecule has 0 bridgehead atoms. The van der Waals surface area contributed by atoms with Crippen molar-refractivity contribution in [1.82, 2.24) is 9.80 Å². The average molecular weight is 360 g/mol. The first-order valence-electron chi connectivity index (χ1n) is 8.49. The Morgan fingerprint density at radius 2 is 1.76 bits per heavy atom. The molecule has 0 saturated carbocycles. The maximum Gasteiger partial charge on any atom is 0.256 e. The minimum atomic E-state index is -0.499. The van der Waals surface area contributed by atoms with Crippen LogP contribution < -0.4 is 0 Å². The van der Waals surface area contributed by atoms with Gasteiger partial charge < -0.3 is 9.80 Å². The molecule has 0 atom stereocenters. The van der Waals surface area contributed by atoms with Crippen LogP contribution >= 0.6 is 11.3 Å². The molecule has 0 aliphatic carbocycles. The van der Waals surface area contributed by atoms with Crippen LogP contribution in [0.15, 0.2) is 41.8 Å². The van der Waals surface area contributed by atoms with E-state index in [9.17, 15) is 14.0 Å². The first-order chi connectivity index (χ1) is 12.1. The molecule has 4 nitrogen and oxygen atoms in total. The molecule has 132 valence electrons. The highest BCUT2D eigenvalue weighted by Gasteiger charge is 2.24. The molecule has 3 rings (SSSR count). The highest BCUT2D eigenvalue weighted by Crippen LogP contribution is 2.15. The number of aryl methyl sites for hydroxylation is 1. The van der Waals surface area contributed by atoms with E-state index in [0.717, 1.165) is 6.42 Å². The number of hydrogen-bond donors (Lipinski definition) is 0. The number of rotatable bonds is 4.